The first kappa shape index (κ1) is 12.4. The minimum Gasteiger partial charge on any atom is -0.478 e. The van der Waals surface area contributed by atoms with E-state index in [1.807, 2.05) is 6.07 Å². The molecule has 2 rings (SSSR count). The molecule has 2 atom stereocenters. The highest BCUT2D eigenvalue weighted by atomic mass is 79.9. The molecule has 0 amide bonds. The van der Waals surface area contributed by atoms with Crippen molar-refractivity contribution in [2.24, 2.45) is 0 Å². The van der Waals surface area contributed by atoms with Gasteiger partial charge in [0.05, 0.1) is 12.7 Å². The molecule has 1 unspecified atom stereocenters. The highest BCUT2D eigenvalue weighted by Gasteiger charge is 2.29. The first-order valence-electron chi connectivity index (χ1n) is 5.38. The molecule has 1 aromatic carbocycles. The zero-order chi connectivity index (χ0) is 12.4. The maximum atomic E-state index is 11.3. The summed E-state index contributed by atoms with van der Waals surface area (Å²) in [6.07, 6.45) is -0.665. The zero-order valence-electron chi connectivity index (χ0n) is 9.35. The van der Waals surface area contributed by atoms with Crippen molar-refractivity contribution >= 4 is 21.9 Å². The van der Waals surface area contributed by atoms with Crippen molar-refractivity contribution in [3.8, 4) is 5.75 Å². The molecule has 1 heterocycles. The van der Waals surface area contributed by atoms with Crippen molar-refractivity contribution in [2.45, 2.75) is 25.6 Å². The van der Waals surface area contributed by atoms with Crippen molar-refractivity contribution < 1.29 is 19.4 Å². The fourth-order valence-electron chi connectivity index (χ4n) is 1.69. The Labute approximate surface area is 108 Å². The van der Waals surface area contributed by atoms with Crippen LogP contribution in [0, 0.1) is 0 Å². The average Bonchev–Trinajstić information content (AvgIpc) is 2.64. The third-order valence-electron chi connectivity index (χ3n) is 2.58. The molecule has 1 fully saturated rings. The number of aliphatic hydroxyl groups excluding tert-OH is 1. The van der Waals surface area contributed by atoms with Crippen molar-refractivity contribution in [3.05, 3.63) is 28.2 Å². The Morgan fingerprint density at radius 1 is 1.59 bits per heavy atom. The monoisotopic (exact) mass is 300 g/mol. The van der Waals surface area contributed by atoms with E-state index in [0.717, 1.165) is 4.47 Å². The lowest BCUT2D eigenvalue weighted by atomic mass is 10.1. The summed E-state index contributed by atoms with van der Waals surface area (Å²) >= 11 is 3.33. The lowest BCUT2D eigenvalue weighted by molar-refractivity contribution is -0.143. The molecule has 0 saturated carbocycles. The van der Waals surface area contributed by atoms with E-state index in [1.165, 1.54) is 0 Å². The fourth-order valence-corrected chi connectivity index (χ4v) is 2.03. The topological polar surface area (TPSA) is 55.8 Å². The van der Waals surface area contributed by atoms with Crippen molar-refractivity contribution in [2.75, 3.05) is 6.61 Å². The SMILES string of the molecule is C[C@@H](O)c1ccc(Br)cc1OC1CCOC1=O. The summed E-state index contributed by atoms with van der Waals surface area (Å²) < 4.78 is 11.3. The van der Waals surface area contributed by atoms with E-state index in [-0.39, 0.29) is 5.97 Å². The van der Waals surface area contributed by atoms with E-state index in [9.17, 15) is 9.90 Å². The number of halogens is 1. The van der Waals surface area contributed by atoms with Gasteiger partial charge in [-0.15, -0.1) is 0 Å². The first-order chi connectivity index (χ1) is 8.08. The first-order valence-corrected chi connectivity index (χ1v) is 6.18. The Hall–Kier alpha value is -1.07. The standard InChI is InChI=1S/C12H13BrO4/c1-7(14)9-3-2-8(13)6-11(9)17-10-4-5-16-12(10)15/h2-3,6-7,10,14H,4-5H2,1H3/t7-,10?/m1/s1. The number of aliphatic hydroxyl groups is 1. The largest absolute Gasteiger partial charge is 0.478 e. The molecule has 1 aromatic rings. The second-order valence-corrected chi connectivity index (χ2v) is 4.84. The maximum absolute atomic E-state index is 11.3. The van der Waals surface area contributed by atoms with Gasteiger partial charge in [0.1, 0.15) is 5.75 Å². The molecule has 0 aromatic heterocycles. The summed E-state index contributed by atoms with van der Waals surface area (Å²) in [7, 11) is 0. The number of esters is 1. The van der Waals surface area contributed by atoms with Crippen LogP contribution in [0.4, 0.5) is 0 Å². The minimum atomic E-state index is -0.643. The van der Waals surface area contributed by atoms with E-state index in [2.05, 4.69) is 15.9 Å². The number of carbonyl (C=O) groups excluding carboxylic acids is 1. The van der Waals surface area contributed by atoms with E-state index in [0.29, 0.717) is 24.3 Å². The maximum Gasteiger partial charge on any atom is 0.347 e. The molecule has 5 heteroatoms. The summed E-state index contributed by atoms with van der Waals surface area (Å²) in [5.41, 5.74) is 0.660. The van der Waals surface area contributed by atoms with Crippen LogP contribution in [0.3, 0.4) is 0 Å². The van der Waals surface area contributed by atoms with Gasteiger partial charge < -0.3 is 14.6 Å². The summed E-state index contributed by atoms with van der Waals surface area (Å²) in [5, 5.41) is 9.62. The molecular formula is C12H13BrO4. The van der Waals surface area contributed by atoms with Crippen LogP contribution in [-0.2, 0) is 9.53 Å². The molecule has 92 valence electrons. The molecular weight excluding hydrogens is 288 g/mol. The van der Waals surface area contributed by atoms with Crippen molar-refractivity contribution in [1.29, 1.82) is 0 Å². The average molecular weight is 301 g/mol. The van der Waals surface area contributed by atoms with Gasteiger partial charge in [-0.25, -0.2) is 4.79 Å². The van der Waals surface area contributed by atoms with Gasteiger partial charge in [-0.1, -0.05) is 22.0 Å². The van der Waals surface area contributed by atoms with Crippen LogP contribution in [-0.4, -0.2) is 23.8 Å². The molecule has 1 aliphatic rings. The van der Waals surface area contributed by atoms with Gasteiger partial charge in [0.25, 0.3) is 0 Å². The van der Waals surface area contributed by atoms with Crippen LogP contribution < -0.4 is 4.74 Å². The zero-order valence-corrected chi connectivity index (χ0v) is 10.9. The Balaban J connectivity index is 2.24. The van der Waals surface area contributed by atoms with Gasteiger partial charge in [0, 0.05) is 16.5 Å². The molecule has 0 bridgehead atoms. The minimum absolute atomic E-state index is 0.346. The lowest BCUT2D eigenvalue weighted by Gasteiger charge is -2.16. The Bertz CT molecular complexity index is 431. The van der Waals surface area contributed by atoms with Crippen LogP contribution in [0.2, 0.25) is 0 Å². The second kappa shape index (κ2) is 5.06. The van der Waals surface area contributed by atoms with Crippen molar-refractivity contribution in [1.82, 2.24) is 0 Å². The van der Waals surface area contributed by atoms with Crippen LogP contribution >= 0.6 is 15.9 Å². The molecule has 4 nitrogen and oxygen atoms in total. The number of cyclic esters (lactones) is 1. The Morgan fingerprint density at radius 3 is 2.94 bits per heavy atom. The van der Waals surface area contributed by atoms with E-state index >= 15 is 0 Å². The molecule has 17 heavy (non-hydrogen) atoms. The number of benzene rings is 1. The number of hydrogen-bond acceptors (Lipinski definition) is 4. The van der Waals surface area contributed by atoms with Crippen LogP contribution in [0.5, 0.6) is 5.75 Å². The van der Waals surface area contributed by atoms with Crippen LogP contribution in [0.25, 0.3) is 0 Å². The van der Waals surface area contributed by atoms with Gasteiger partial charge >= 0.3 is 5.97 Å². The predicted octanol–water partition coefficient (Wildman–Crippen LogP) is 2.20. The molecule has 0 radical (unpaired) electrons. The number of rotatable bonds is 3. The van der Waals surface area contributed by atoms with Gasteiger partial charge in [0.2, 0.25) is 0 Å². The summed E-state index contributed by atoms with van der Waals surface area (Å²) in [5.74, 6) is 0.166. The van der Waals surface area contributed by atoms with Crippen molar-refractivity contribution in [3.63, 3.8) is 0 Å². The third-order valence-corrected chi connectivity index (χ3v) is 3.08. The molecule has 0 aliphatic carbocycles. The highest BCUT2D eigenvalue weighted by Crippen LogP contribution is 2.30. The summed E-state index contributed by atoms with van der Waals surface area (Å²) in [6.45, 7) is 2.05. The van der Waals surface area contributed by atoms with Crippen LogP contribution in [0.15, 0.2) is 22.7 Å². The predicted molar refractivity (Wildman–Crippen MR) is 64.8 cm³/mol. The van der Waals surface area contributed by atoms with Gasteiger partial charge in [-0.2, -0.15) is 0 Å². The summed E-state index contributed by atoms with van der Waals surface area (Å²) in [4.78, 5) is 11.3. The molecule has 1 aliphatic heterocycles. The van der Waals surface area contributed by atoms with E-state index in [4.69, 9.17) is 9.47 Å². The highest BCUT2D eigenvalue weighted by molar-refractivity contribution is 9.10. The molecule has 0 spiro atoms. The Kier molecular flexibility index (Phi) is 3.69. The second-order valence-electron chi connectivity index (χ2n) is 3.92. The number of carbonyl (C=O) groups is 1. The fraction of sp³-hybridized carbons (Fsp3) is 0.417. The van der Waals surface area contributed by atoms with Gasteiger partial charge in [-0.3, -0.25) is 0 Å². The molecule has 1 N–H and O–H groups in total. The van der Waals surface area contributed by atoms with E-state index < -0.39 is 12.2 Å². The number of ether oxygens (including phenoxy) is 2. The Morgan fingerprint density at radius 2 is 2.35 bits per heavy atom. The third kappa shape index (κ3) is 2.79. The number of hydrogen-bond donors (Lipinski definition) is 1. The van der Waals surface area contributed by atoms with Gasteiger partial charge in [-0.05, 0) is 19.1 Å². The quantitative estimate of drug-likeness (QED) is 0.870. The lowest BCUT2D eigenvalue weighted by Crippen LogP contribution is -2.22. The summed E-state index contributed by atoms with van der Waals surface area (Å²) in [6, 6.07) is 5.33. The van der Waals surface area contributed by atoms with Gasteiger partial charge in [0.15, 0.2) is 6.10 Å². The normalized spacial score (nSPS) is 21.1. The van der Waals surface area contributed by atoms with Crippen LogP contribution in [0.1, 0.15) is 25.0 Å². The molecule has 1 saturated heterocycles. The smallest absolute Gasteiger partial charge is 0.347 e. The van der Waals surface area contributed by atoms with E-state index in [1.54, 1.807) is 19.1 Å².